The van der Waals surface area contributed by atoms with Gasteiger partial charge in [0.25, 0.3) is 5.97 Å². The van der Waals surface area contributed by atoms with Crippen LogP contribution in [-0.4, -0.2) is 11.1 Å². The summed E-state index contributed by atoms with van der Waals surface area (Å²) in [6.07, 6.45) is 0. The Kier molecular flexibility index (Phi) is 24.6. The fourth-order valence-electron chi connectivity index (χ4n) is 0. The van der Waals surface area contributed by atoms with Crippen molar-refractivity contribution in [2.75, 3.05) is 0 Å². The van der Waals surface area contributed by atoms with Gasteiger partial charge in [-0.05, 0) is 0 Å². The van der Waals surface area contributed by atoms with E-state index in [1.54, 1.807) is 0 Å². The van der Waals surface area contributed by atoms with Crippen LogP contribution in [0.1, 0.15) is 6.92 Å². The molecule has 0 aromatic heterocycles. The molecule has 7 heteroatoms. The van der Waals surface area contributed by atoms with Crippen molar-refractivity contribution in [3.05, 3.63) is 0 Å². The summed E-state index contributed by atoms with van der Waals surface area (Å²) in [5.41, 5.74) is 0. The predicted molar refractivity (Wildman–Crippen MR) is 30.9 cm³/mol. The molecule has 0 heterocycles. The van der Waals surface area contributed by atoms with Crippen molar-refractivity contribution < 1.29 is 58.5 Å². The molecule has 0 unspecified atom stereocenters. The Bertz CT molecular complexity index is 64.1. The Morgan fingerprint density at radius 1 is 1.44 bits per heavy atom. The molecule has 0 aliphatic carbocycles. The van der Waals surface area contributed by atoms with E-state index in [0.717, 1.165) is 6.92 Å². The van der Waals surface area contributed by atoms with Gasteiger partial charge in [0.15, 0.2) is 0 Å². The molecule has 0 atom stereocenters. The molecule has 0 amide bonds. The average molecular weight is 406 g/mol. The normalized spacial score (nSPS) is 7.78. The van der Waals surface area contributed by atoms with Crippen LogP contribution < -0.4 is 0 Å². The van der Waals surface area contributed by atoms with E-state index in [1.807, 2.05) is 0 Å². The summed E-state index contributed by atoms with van der Waals surface area (Å²) in [5, 5.41) is 7.42. The number of rotatable bonds is 0. The average Bonchev–Trinajstić information content (AvgIpc) is 1.25. The minimum atomic E-state index is -1.75. The number of carboxylic acids is 1. The van der Waals surface area contributed by atoms with Crippen molar-refractivity contribution in [3.63, 3.8) is 0 Å². The van der Waals surface area contributed by atoms with Crippen LogP contribution in [0.4, 0.5) is 0 Å². The van der Waals surface area contributed by atoms with Gasteiger partial charge >= 0.3 is 42.1 Å². The molecule has 56 valence electrons. The summed E-state index contributed by atoms with van der Waals surface area (Å²) in [6, 6.07) is 0. The van der Waals surface area contributed by atoms with Crippen molar-refractivity contribution in [2.24, 2.45) is 0 Å². The summed E-state index contributed by atoms with van der Waals surface area (Å²) in [4.78, 5) is 9.00. The third-order valence-corrected chi connectivity index (χ3v) is 0. The summed E-state index contributed by atoms with van der Waals surface area (Å²) >= 11 is -1.75. The summed E-state index contributed by atoms with van der Waals surface area (Å²) in [7, 11) is 14.8. The molecule has 0 saturated heterocycles. The Morgan fingerprint density at radius 3 is 1.44 bits per heavy atom. The molecule has 0 fully saturated rings. The zero-order valence-electron chi connectivity index (χ0n) is 4.42. The number of carbonyl (C=O) groups is 1. The first-order valence-electron chi connectivity index (χ1n) is 1.33. The van der Waals surface area contributed by atoms with Crippen LogP contribution in [0.25, 0.3) is 0 Å². The van der Waals surface area contributed by atoms with Crippen LogP contribution in [0.15, 0.2) is 0 Å². The molecule has 0 aliphatic rings. The molecular weight excluding hydrogens is 402 g/mol. The second kappa shape index (κ2) is 12.8. The van der Waals surface area contributed by atoms with Gasteiger partial charge in [-0.1, -0.05) is 0 Å². The van der Waals surface area contributed by atoms with Crippen LogP contribution in [0.5, 0.6) is 0 Å². The van der Waals surface area contributed by atoms with Gasteiger partial charge < -0.3 is 5.11 Å². The van der Waals surface area contributed by atoms with E-state index in [2.05, 4.69) is 0 Å². The van der Waals surface area contributed by atoms with E-state index >= 15 is 0 Å². The first-order chi connectivity index (χ1) is 3.46. The molecule has 1 N–H and O–H groups in total. The summed E-state index contributed by atoms with van der Waals surface area (Å²) in [6.45, 7) is 1.08. The molecule has 9 heavy (non-hydrogen) atoms. The second-order valence-corrected chi connectivity index (χ2v) is 8.59. The van der Waals surface area contributed by atoms with Crippen molar-refractivity contribution >= 4 is 35.0 Å². The van der Waals surface area contributed by atoms with Gasteiger partial charge in [0.1, 0.15) is 0 Å². The third kappa shape index (κ3) is 145. The van der Waals surface area contributed by atoms with E-state index in [1.165, 1.54) is 0 Å². The van der Waals surface area contributed by atoms with Crippen molar-refractivity contribution in [1.29, 1.82) is 0 Å². The van der Waals surface area contributed by atoms with Gasteiger partial charge in [-0.2, -0.15) is 0 Å². The number of aliphatic carboxylic acids is 1. The predicted octanol–water partition coefficient (Wildman–Crippen LogP) is 2.16. The first-order valence-corrected chi connectivity index (χ1v) is 8.04. The first kappa shape index (κ1) is 17.3. The summed E-state index contributed by atoms with van der Waals surface area (Å²) < 4.78 is 0. The van der Waals surface area contributed by atoms with Crippen molar-refractivity contribution in [3.8, 4) is 0 Å². The van der Waals surface area contributed by atoms with E-state index in [4.69, 9.17) is 39.0 Å². The van der Waals surface area contributed by atoms with E-state index in [-0.39, 0.29) is 35.6 Å². The maximum absolute atomic E-state index is 9.00. The second-order valence-electron chi connectivity index (χ2n) is 0.671. The molecular formula is C2H4Cl3LaO2Ru. The molecule has 2 nitrogen and oxygen atoms in total. The molecule has 0 aromatic carbocycles. The molecule has 0 aliphatic heterocycles. The molecule has 0 bridgehead atoms. The zero-order chi connectivity index (χ0) is 7.15. The van der Waals surface area contributed by atoms with Gasteiger partial charge in [-0.3, -0.25) is 4.79 Å². The number of carboxylic acid groups (broad SMARTS) is 1. The molecule has 0 saturated carbocycles. The minimum Gasteiger partial charge on any atom is 0 e. The van der Waals surface area contributed by atoms with Gasteiger partial charge in [-0.25, -0.2) is 0 Å². The van der Waals surface area contributed by atoms with Gasteiger partial charge in [0.05, 0.1) is 0 Å². The van der Waals surface area contributed by atoms with Gasteiger partial charge in [0.2, 0.25) is 0 Å². The maximum Gasteiger partial charge on any atom is 0 e. The van der Waals surface area contributed by atoms with Crippen molar-refractivity contribution in [2.45, 2.75) is 6.92 Å². The monoisotopic (exact) mass is 406 g/mol. The largest absolute Gasteiger partial charge is 0 e. The summed E-state index contributed by atoms with van der Waals surface area (Å²) in [5.74, 6) is -0.833. The van der Waals surface area contributed by atoms with Crippen molar-refractivity contribution in [1.82, 2.24) is 0 Å². The number of hydrogen-bond acceptors (Lipinski definition) is 1. The molecule has 0 rings (SSSR count). The van der Waals surface area contributed by atoms with Crippen LogP contribution in [0.2, 0.25) is 0 Å². The van der Waals surface area contributed by atoms with Gasteiger partial charge in [0, 0.05) is 42.5 Å². The Hall–Kier alpha value is 2.16. The van der Waals surface area contributed by atoms with E-state index < -0.39 is 18.9 Å². The zero-order valence-corrected chi connectivity index (χ0v) is 12.1. The smallest absolute Gasteiger partial charge is 0 e. The van der Waals surface area contributed by atoms with Crippen LogP contribution in [-0.2, 0) is 17.8 Å². The van der Waals surface area contributed by atoms with E-state index in [9.17, 15) is 0 Å². The van der Waals surface area contributed by atoms with Gasteiger partial charge in [-0.15, -0.1) is 0 Å². The number of halogens is 3. The van der Waals surface area contributed by atoms with Crippen LogP contribution in [0, 0.1) is 35.6 Å². The molecule has 1 radical (unpaired) electrons. The minimum absolute atomic E-state index is 0. The Labute approximate surface area is 98.9 Å². The standard InChI is InChI=1S/C2H4O2.3ClH.La.Ru/c1-2(3)4;;;;;/h1H3,(H,3,4);3*1H;;/q;;;;;+3/p-3. The maximum atomic E-state index is 9.00. The van der Waals surface area contributed by atoms with Crippen LogP contribution >= 0.6 is 29.1 Å². The number of hydrogen-bond donors (Lipinski definition) is 1. The quantitative estimate of drug-likeness (QED) is 0.626. The van der Waals surface area contributed by atoms with E-state index in [0.29, 0.717) is 0 Å². The Morgan fingerprint density at radius 2 is 1.44 bits per heavy atom. The molecule has 0 spiro atoms. The topological polar surface area (TPSA) is 37.3 Å². The SMILES string of the molecule is CC(=O)O.[Cl][Ru]([Cl])[Cl].[La]. The fourth-order valence-corrected chi connectivity index (χ4v) is 0. The fraction of sp³-hybridized carbons (Fsp3) is 0.500. The van der Waals surface area contributed by atoms with Crippen LogP contribution in [0.3, 0.4) is 0 Å². The Balaban J connectivity index is -0.0000000720. The third-order valence-electron chi connectivity index (χ3n) is 0. The molecule has 0 aromatic rings.